The maximum Gasteiger partial charge on any atom is 0.274 e. The molecular weight excluding hydrogens is 226 g/mol. The van der Waals surface area contributed by atoms with Gasteiger partial charge < -0.3 is 5.73 Å². The van der Waals surface area contributed by atoms with Crippen molar-refractivity contribution in [2.45, 2.75) is 37.8 Å². The number of hydrogen-bond acceptors (Lipinski definition) is 3. The third-order valence-electron chi connectivity index (χ3n) is 3.81. The van der Waals surface area contributed by atoms with Gasteiger partial charge in [0.1, 0.15) is 0 Å². The Morgan fingerprint density at radius 3 is 2.67 bits per heavy atom. The van der Waals surface area contributed by atoms with Crippen LogP contribution in [-0.2, 0) is 0 Å². The Hall–Kier alpha value is -1.68. The van der Waals surface area contributed by atoms with Crippen LogP contribution in [0.5, 0.6) is 0 Å². The van der Waals surface area contributed by atoms with Gasteiger partial charge in [0.25, 0.3) is 5.56 Å². The molecule has 0 spiro atoms. The minimum absolute atomic E-state index is 0.0218. The van der Waals surface area contributed by atoms with Gasteiger partial charge in [0, 0.05) is 11.4 Å². The van der Waals surface area contributed by atoms with E-state index in [0.717, 1.165) is 36.5 Å². The number of rotatable bonds is 1. The maximum atomic E-state index is 12.4. The summed E-state index contributed by atoms with van der Waals surface area (Å²) in [6.45, 7) is 0. The first-order valence-corrected chi connectivity index (χ1v) is 6.48. The lowest BCUT2D eigenvalue weighted by atomic mass is 9.92. The van der Waals surface area contributed by atoms with Gasteiger partial charge in [-0.05, 0) is 31.7 Å². The van der Waals surface area contributed by atoms with E-state index in [2.05, 4.69) is 5.10 Å². The largest absolute Gasteiger partial charge is 0.328 e. The van der Waals surface area contributed by atoms with Crippen molar-refractivity contribution in [3.05, 3.63) is 40.8 Å². The van der Waals surface area contributed by atoms with Crippen molar-refractivity contribution in [3.63, 3.8) is 0 Å². The number of aromatic nitrogens is 2. The zero-order valence-electron chi connectivity index (χ0n) is 10.2. The van der Waals surface area contributed by atoms with E-state index in [4.69, 9.17) is 5.73 Å². The molecule has 1 aromatic heterocycles. The SMILES string of the molecule is NC1CCC(n2ncc3ccccc3c2=O)CC1. The van der Waals surface area contributed by atoms with Gasteiger partial charge in [0.05, 0.1) is 17.6 Å². The Kier molecular flexibility index (Phi) is 2.88. The Morgan fingerprint density at radius 1 is 1.17 bits per heavy atom. The standard InChI is InChI=1S/C14H17N3O/c15-11-5-7-12(8-6-11)17-14(18)13-4-2-1-3-10(13)9-16-17/h1-4,9,11-12H,5-8,15H2. The summed E-state index contributed by atoms with van der Waals surface area (Å²) >= 11 is 0. The Morgan fingerprint density at radius 2 is 1.89 bits per heavy atom. The molecule has 4 nitrogen and oxygen atoms in total. The summed E-state index contributed by atoms with van der Waals surface area (Å²) in [6.07, 6.45) is 5.64. The van der Waals surface area contributed by atoms with Gasteiger partial charge >= 0.3 is 0 Å². The lowest BCUT2D eigenvalue weighted by Crippen LogP contribution is -2.33. The van der Waals surface area contributed by atoms with Crippen molar-refractivity contribution >= 4 is 10.8 Å². The van der Waals surface area contributed by atoms with Gasteiger partial charge in [0.2, 0.25) is 0 Å². The molecule has 0 aliphatic heterocycles. The maximum absolute atomic E-state index is 12.4. The third-order valence-corrected chi connectivity index (χ3v) is 3.81. The molecule has 1 aliphatic rings. The number of benzene rings is 1. The van der Waals surface area contributed by atoms with Crippen LogP contribution in [0.25, 0.3) is 10.8 Å². The molecule has 0 amide bonds. The summed E-state index contributed by atoms with van der Waals surface area (Å²) in [5, 5.41) is 5.98. The second kappa shape index (κ2) is 4.53. The van der Waals surface area contributed by atoms with Gasteiger partial charge in [-0.25, -0.2) is 4.68 Å². The van der Waals surface area contributed by atoms with Gasteiger partial charge in [-0.1, -0.05) is 18.2 Å². The van der Waals surface area contributed by atoms with Gasteiger partial charge in [-0.15, -0.1) is 0 Å². The molecule has 0 atom stereocenters. The molecule has 0 radical (unpaired) electrons. The van der Waals surface area contributed by atoms with E-state index in [1.165, 1.54) is 0 Å². The zero-order chi connectivity index (χ0) is 12.5. The van der Waals surface area contributed by atoms with Crippen LogP contribution in [0.2, 0.25) is 0 Å². The Bertz CT molecular complexity index is 612. The minimum atomic E-state index is 0.0218. The summed E-state index contributed by atoms with van der Waals surface area (Å²) in [7, 11) is 0. The highest BCUT2D eigenvalue weighted by atomic mass is 16.1. The summed E-state index contributed by atoms with van der Waals surface area (Å²) < 4.78 is 1.65. The fourth-order valence-corrected chi connectivity index (χ4v) is 2.71. The highest BCUT2D eigenvalue weighted by Gasteiger charge is 2.21. The van der Waals surface area contributed by atoms with E-state index in [-0.39, 0.29) is 17.6 Å². The second-order valence-corrected chi connectivity index (χ2v) is 5.05. The molecule has 3 rings (SSSR count). The van der Waals surface area contributed by atoms with Crippen molar-refractivity contribution in [1.82, 2.24) is 9.78 Å². The van der Waals surface area contributed by atoms with E-state index < -0.39 is 0 Å². The number of fused-ring (bicyclic) bond motifs is 1. The highest BCUT2D eigenvalue weighted by Crippen LogP contribution is 2.26. The first-order chi connectivity index (χ1) is 8.75. The zero-order valence-corrected chi connectivity index (χ0v) is 10.2. The molecule has 1 aliphatic carbocycles. The van der Waals surface area contributed by atoms with Crippen LogP contribution in [0, 0.1) is 0 Å². The molecule has 1 saturated carbocycles. The average molecular weight is 243 g/mol. The summed E-state index contributed by atoms with van der Waals surface area (Å²) in [4.78, 5) is 12.4. The van der Waals surface area contributed by atoms with E-state index in [1.54, 1.807) is 10.9 Å². The van der Waals surface area contributed by atoms with E-state index >= 15 is 0 Å². The van der Waals surface area contributed by atoms with Crippen LogP contribution in [0.3, 0.4) is 0 Å². The fraction of sp³-hybridized carbons (Fsp3) is 0.429. The molecule has 0 saturated heterocycles. The average Bonchev–Trinajstić information content (AvgIpc) is 2.41. The van der Waals surface area contributed by atoms with Crippen molar-refractivity contribution in [2.75, 3.05) is 0 Å². The summed E-state index contributed by atoms with van der Waals surface area (Å²) in [6, 6.07) is 8.10. The lowest BCUT2D eigenvalue weighted by molar-refractivity contribution is 0.296. The first-order valence-electron chi connectivity index (χ1n) is 6.48. The molecule has 0 unspecified atom stereocenters. The normalized spacial score (nSPS) is 24.3. The van der Waals surface area contributed by atoms with Crippen molar-refractivity contribution in [3.8, 4) is 0 Å². The van der Waals surface area contributed by atoms with Crippen molar-refractivity contribution < 1.29 is 0 Å². The fourth-order valence-electron chi connectivity index (χ4n) is 2.71. The molecule has 1 fully saturated rings. The van der Waals surface area contributed by atoms with E-state index in [1.807, 2.05) is 24.3 Å². The van der Waals surface area contributed by atoms with Crippen LogP contribution in [0.15, 0.2) is 35.3 Å². The van der Waals surface area contributed by atoms with E-state index in [0.29, 0.717) is 0 Å². The Labute approximate surface area is 105 Å². The highest BCUT2D eigenvalue weighted by molar-refractivity contribution is 5.80. The predicted octanol–water partition coefficient (Wildman–Crippen LogP) is 1.84. The quantitative estimate of drug-likeness (QED) is 0.831. The third kappa shape index (κ3) is 1.93. The summed E-state index contributed by atoms with van der Waals surface area (Å²) in [5.74, 6) is 0. The molecule has 18 heavy (non-hydrogen) atoms. The van der Waals surface area contributed by atoms with Crippen LogP contribution in [0.1, 0.15) is 31.7 Å². The lowest BCUT2D eigenvalue weighted by Gasteiger charge is -2.26. The molecule has 4 heteroatoms. The molecule has 2 aromatic rings. The minimum Gasteiger partial charge on any atom is -0.328 e. The topological polar surface area (TPSA) is 60.9 Å². The molecule has 1 heterocycles. The van der Waals surface area contributed by atoms with Crippen LogP contribution in [-0.4, -0.2) is 15.8 Å². The number of hydrogen-bond donors (Lipinski definition) is 1. The number of nitrogens with zero attached hydrogens (tertiary/aromatic N) is 2. The van der Waals surface area contributed by atoms with E-state index in [9.17, 15) is 4.79 Å². The first kappa shape index (κ1) is 11.4. The van der Waals surface area contributed by atoms with Gasteiger partial charge in [-0.3, -0.25) is 4.79 Å². The molecule has 0 bridgehead atoms. The van der Waals surface area contributed by atoms with Crippen molar-refractivity contribution in [1.29, 1.82) is 0 Å². The predicted molar refractivity (Wildman–Crippen MR) is 71.5 cm³/mol. The van der Waals surface area contributed by atoms with Crippen LogP contribution < -0.4 is 11.3 Å². The monoisotopic (exact) mass is 243 g/mol. The van der Waals surface area contributed by atoms with Gasteiger partial charge in [-0.2, -0.15) is 5.10 Å². The Balaban J connectivity index is 2.02. The van der Waals surface area contributed by atoms with Crippen molar-refractivity contribution in [2.24, 2.45) is 5.73 Å². The van der Waals surface area contributed by atoms with Crippen LogP contribution in [0.4, 0.5) is 0 Å². The molecule has 94 valence electrons. The second-order valence-electron chi connectivity index (χ2n) is 5.05. The molecule has 2 N–H and O–H groups in total. The van der Waals surface area contributed by atoms with Crippen LogP contribution >= 0.6 is 0 Å². The number of nitrogens with two attached hydrogens (primary N) is 1. The summed E-state index contributed by atoms with van der Waals surface area (Å²) in [5.41, 5.74) is 5.92. The molecular formula is C14H17N3O. The smallest absolute Gasteiger partial charge is 0.274 e. The molecule has 1 aromatic carbocycles. The van der Waals surface area contributed by atoms with Gasteiger partial charge in [0.15, 0.2) is 0 Å².